The second-order valence-corrected chi connectivity index (χ2v) is 11.4. The van der Waals surface area contributed by atoms with Crippen molar-refractivity contribution in [2.75, 3.05) is 23.8 Å². The summed E-state index contributed by atoms with van der Waals surface area (Å²) in [5.41, 5.74) is 0.471. The topological polar surface area (TPSA) is 80.8 Å². The Morgan fingerprint density at radius 1 is 0.976 bits per heavy atom. The second-order valence-electron chi connectivity index (χ2n) is 8.75. The van der Waals surface area contributed by atoms with Crippen LogP contribution < -0.4 is 19.1 Å². The van der Waals surface area contributed by atoms with Crippen LogP contribution in [0, 0.1) is 17.6 Å². The van der Waals surface area contributed by atoms with Gasteiger partial charge >= 0.3 is 0 Å². The van der Waals surface area contributed by atoms with E-state index >= 15 is 4.39 Å². The summed E-state index contributed by atoms with van der Waals surface area (Å²) < 4.78 is 83.4. The SMILES string of the molecule is COc1ccc(CN(c2cccc(F)n2)S(=O)(=O)c2cc(Cl)c(N[C@@H](C)c3ccccc3F)c(Cl)c2F)c(OC)c1. The number of hydrogen-bond donors (Lipinski definition) is 1. The number of rotatable bonds is 10. The molecule has 216 valence electrons. The Bertz CT molecular complexity index is 1690. The van der Waals surface area contributed by atoms with E-state index in [1.165, 1.54) is 50.6 Å². The summed E-state index contributed by atoms with van der Waals surface area (Å²) >= 11 is 12.7. The Balaban J connectivity index is 1.80. The highest BCUT2D eigenvalue weighted by Gasteiger charge is 2.33. The molecule has 0 fully saturated rings. The zero-order valence-corrected chi connectivity index (χ0v) is 24.3. The van der Waals surface area contributed by atoms with Gasteiger partial charge in [0.05, 0.1) is 37.5 Å². The third-order valence-electron chi connectivity index (χ3n) is 6.19. The summed E-state index contributed by atoms with van der Waals surface area (Å²) in [4.78, 5) is 2.82. The Labute approximate surface area is 245 Å². The summed E-state index contributed by atoms with van der Waals surface area (Å²) in [5, 5.41) is 1.97. The van der Waals surface area contributed by atoms with Crippen LogP contribution in [0.3, 0.4) is 0 Å². The summed E-state index contributed by atoms with van der Waals surface area (Å²) in [6, 6.07) is 14.3. The van der Waals surface area contributed by atoms with Crippen molar-refractivity contribution >= 4 is 44.7 Å². The lowest BCUT2D eigenvalue weighted by atomic mass is 10.1. The minimum absolute atomic E-state index is 0.132. The fourth-order valence-corrected chi connectivity index (χ4v) is 6.27. The zero-order valence-electron chi connectivity index (χ0n) is 22.0. The monoisotopic (exact) mass is 625 g/mol. The van der Waals surface area contributed by atoms with Crippen LogP contribution in [0.5, 0.6) is 11.5 Å². The molecule has 0 aliphatic carbocycles. The highest BCUT2D eigenvalue weighted by atomic mass is 35.5. The van der Waals surface area contributed by atoms with Gasteiger partial charge in [0, 0.05) is 17.2 Å². The third kappa shape index (κ3) is 6.32. The van der Waals surface area contributed by atoms with Crippen LogP contribution in [0.25, 0.3) is 0 Å². The Hall–Kier alpha value is -3.67. The van der Waals surface area contributed by atoms with Gasteiger partial charge in [-0.3, -0.25) is 0 Å². The van der Waals surface area contributed by atoms with Gasteiger partial charge in [0.15, 0.2) is 5.82 Å². The fraction of sp³-hybridized carbons (Fsp3) is 0.179. The predicted octanol–water partition coefficient (Wildman–Crippen LogP) is 7.39. The van der Waals surface area contributed by atoms with Crippen molar-refractivity contribution in [3.63, 3.8) is 0 Å². The third-order valence-corrected chi connectivity index (χ3v) is 8.59. The van der Waals surface area contributed by atoms with Gasteiger partial charge in [-0.2, -0.15) is 4.39 Å². The largest absolute Gasteiger partial charge is 0.497 e. The van der Waals surface area contributed by atoms with Crippen molar-refractivity contribution in [2.45, 2.75) is 24.4 Å². The minimum atomic E-state index is -4.80. The maximum absolute atomic E-state index is 15.8. The summed E-state index contributed by atoms with van der Waals surface area (Å²) in [7, 11) is -1.97. The molecule has 0 radical (unpaired) electrons. The fourth-order valence-electron chi connectivity index (χ4n) is 4.10. The highest BCUT2D eigenvalue weighted by molar-refractivity contribution is 7.92. The van der Waals surface area contributed by atoms with Gasteiger partial charge in [-0.25, -0.2) is 26.5 Å². The molecule has 0 saturated heterocycles. The molecular formula is C28H24Cl2F3N3O4S. The number of anilines is 2. The summed E-state index contributed by atoms with van der Waals surface area (Å²) in [6.07, 6.45) is 0. The Morgan fingerprint density at radius 3 is 2.37 bits per heavy atom. The maximum Gasteiger partial charge on any atom is 0.268 e. The first kappa shape index (κ1) is 30.3. The van der Waals surface area contributed by atoms with Gasteiger partial charge in [0.1, 0.15) is 33.1 Å². The van der Waals surface area contributed by atoms with Gasteiger partial charge in [-0.15, -0.1) is 0 Å². The highest BCUT2D eigenvalue weighted by Crippen LogP contribution is 2.40. The Morgan fingerprint density at radius 2 is 1.71 bits per heavy atom. The zero-order chi connectivity index (χ0) is 29.9. The number of nitrogens with one attached hydrogen (secondary N) is 1. The van der Waals surface area contributed by atoms with Crippen LogP contribution in [-0.4, -0.2) is 27.6 Å². The summed E-state index contributed by atoms with van der Waals surface area (Å²) in [6.45, 7) is 1.18. The first-order valence-electron chi connectivity index (χ1n) is 12.0. The van der Waals surface area contributed by atoms with Gasteiger partial charge in [0.2, 0.25) is 5.95 Å². The molecule has 3 aromatic carbocycles. The van der Waals surface area contributed by atoms with Gasteiger partial charge in [-0.05, 0) is 43.3 Å². The van der Waals surface area contributed by atoms with E-state index in [-0.39, 0.29) is 27.8 Å². The molecule has 0 aliphatic heterocycles. The first-order chi connectivity index (χ1) is 19.5. The quantitative estimate of drug-likeness (QED) is 0.146. The standard InChI is InChI=1S/C28H24Cl2F3N3O4S/c1-16(19-7-4-5-8-21(19)31)34-28-20(29)14-23(27(33)26(28)30)41(37,38)36(25-10-6-9-24(32)35-25)15-17-11-12-18(39-2)13-22(17)40-3/h4-14,16,34H,15H2,1-3H3/t16-/m0/s1. The van der Waals surface area contributed by atoms with E-state index in [0.717, 1.165) is 12.1 Å². The molecule has 0 spiro atoms. The van der Waals surface area contributed by atoms with Crippen LogP contribution in [0.1, 0.15) is 24.1 Å². The molecule has 1 aromatic heterocycles. The van der Waals surface area contributed by atoms with Crippen LogP contribution in [0.2, 0.25) is 10.0 Å². The first-order valence-corrected chi connectivity index (χ1v) is 14.2. The molecule has 7 nitrogen and oxygen atoms in total. The second kappa shape index (κ2) is 12.5. The van der Waals surface area contributed by atoms with Gasteiger partial charge in [0.25, 0.3) is 10.0 Å². The van der Waals surface area contributed by atoms with Gasteiger partial charge < -0.3 is 14.8 Å². The molecule has 13 heteroatoms. The average molecular weight is 626 g/mol. The summed E-state index contributed by atoms with van der Waals surface area (Å²) in [5.74, 6) is -2.40. The van der Waals surface area contributed by atoms with E-state index in [1.54, 1.807) is 25.1 Å². The molecule has 41 heavy (non-hydrogen) atoms. The molecule has 0 unspecified atom stereocenters. The van der Waals surface area contributed by atoms with E-state index < -0.39 is 50.1 Å². The normalized spacial score (nSPS) is 12.1. The van der Waals surface area contributed by atoms with E-state index in [2.05, 4.69) is 10.3 Å². The molecule has 1 N–H and O–H groups in total. The molecule has 0 saturated carbocycles. The molecule has 4 rings (SSSR count). The van der Waals surface area contributed by atoms with Crippen molar-refractivity contribution in [3.05, 3.63) is 105 Å². The molecule has 1 heterocycles. The lowest BCUT2D eigenvalue weighted by molar-refractivity contribution is 0.391. The van der Waals surface area contributed by atoms with Crippen LogP contribution in [-0.2, 0) is 16.6 Å². The lowest BCUT2D eigenvalue weighted by Gasteiger charge is -2.26. The lowest BCUT2D eigenvalue weighted by Crippen LogP contribution is -2.32. The number of halogens is 5. The minimum Gasteiger partial charge on any atom is -0.497 e. The van der Waals surface area contributed by atoms with E-state index in [4.69, 9.17) is 32.7 Å². The van der Waals surface area contributed by atoms with E-state index in [0.29, 0.717) is 15.6 Å². The number of hydrogen-bond acceptors (Lipinski definition) is 6. The molecule has 4 aromatic rings. The van der Waals surface area contributed by atoms with E-state index in [9.17, 15) is 17.2 Å². The molecule has 0 aliphatic rings. The number of sulfonamides is 1. The number of ether oxygens (including phenoxy) is 2. The molecule has 0 amide bonds. The number of methoxy groups -OCH3 is 2. The smallest absolute Gasteiger partial charge is 0.268 e. The number of pyridine rings is 1. The van der Waals surface area contributed by atoms with Crippen molar-refractivity contribution < 1.29 is 31.1 Å². The number of benzene rings is 3. The maximum atomic E-state index is 15.8. The van der Waals surface area contributed by atoms with Crippen molar-refractivity contribution in [1.29, 1.82) is 0 Å². The number of aromatic nitrogens is 1. The van der Waals surface area contributed by atoms with Crippen LogP contribution in [0.4, 0.5) is 24.7 Å². The predicted molar refractivity (Wildman–Crippen MR) is 152 cm³/mol. The molecule has 1 atom stereocenters. The van der Waals surface area contributed by atoms with Gasteiger partial charge in [-0.1, -0.05) is 47.5 Å². The Kier molecular flexibility index (Phi) is 9.21. The van der Waals surface area contributed by atoms with E-state index in [1.807, 2.05) is 0 Å². The van der Waals surface area contributed by atoms with Crippen molar-refractivity contribution in [2.24, 2.45) is 0 Å². The average Bonchev–Trinajstić information content (AvgIpc) is 2.95. The van der Waals surface area contributed by atoms with Crippen LogP contribution in [0.15, 0.2) is 71.6 Å². The molecule has 0 bridgehead atoms. The number of nitrogens with zero attached hydrogens (tertiary/aromatic N) is 2. The van der Waals surface area contributed by atoms with Crippen LogP contribution >= 0.6 is 23.2 Å². The molecular weight excluding hydrogens is 602 g/mol. The van der Waals surface area contributed by atoms with Crippen molar-refractivity contribution in [1.82, 2.24) is 4.98 Å². The van der Waals surface area contributed by atoms with Crippen molar-refractivity contribution in [3.8, 4) is 11.5 Å².